The first-order valence-corrected chi connectivity index (χ1v) is 9.12. The van der Waals surface area contributed by atoms with Crippen LogP contribution in [0, 0.1) is 17.6 Å². The second-order valence-electron chi connectivity index (χ2n) is 7.19. The van der Waals surface area contributed by atoms with Gasteiger partial charge in [-0.25, -0.2) is 13.5 Å². The van der Waals surface area contributed by atoms with Gasteiger partial charge in [0, 0.05) is 23.4 Å². The highest BCUT2D eigenvalue weighted by molar-refractivity contribution is 5.94. The van der Waals surface area contributed by atoms with Crippen molar-refractivity contribution in [2.24, 2.45) is 5.92 Å². The van der Waals surface area contributed by atoms with E-state index in [1.54, 1.807) is 4.68 Å². The first-order valence-electron chi connectivity index (χ1n) is 9.12. The predicted octanol–water partition coefficient (Wildman–Crippen LogP) is 2.79. The summed E-state index contributed by atoms with van der Waals surface area (Å²) in [6, 6.07) is 3.82. The van der Waals surface area contributed by atoms with Crippen molar-refractivity contribution in [3.05, 3.63) is 46.8 Å². The number of piperidine rings is 1. The Hall–Kier alpha value is -1.99. The number of fused-ring (bicyclic) bond motifs is 1. The van der Waals surface area contributed by atoms with E-state index in [-0.39, 0.29) is 24.4 Å². The summed E-state index contributed by atoms with van der Waals surface area (Å²) in [5.74, 6) is -1.63. The van der Waals surface area contributed by atoms with Gasteiger partial charge in [-0.1, -0.05) is 6.92 Å². The lowest BCUT2D eigenvalue weighted by molar-refractivity contribution is 0.0907. The van der Waals surface area contributed by atoms with Crippen LogP contribution in [0.5, 0.6) is 0 Å². The Bertz CT molecular complexity index is 854. The van der Waals surface area contributed by atoms with Gasteiger partial charge < -0.3 is 10.6 Å². The smallest absolute Gasteiger partial charge is 0.272 e. The Morgan fingerprint density at radius 1 is 1.30 bits per heavy atom. The average molecular weight is 397 g/mol. The molecule has 2 aliphatic rings. The third-order valence-corrected chi connectivity index (χ3v) is 5.39. The van der Waals surface area contributed by atoms with Gasteiger partial charge in [0.2, 0.25) is 0 Å². The second-order valence-corrected chi connectivity index (χ2v) is 7.19. The molecule has 27 heavy (non-hydrogen) atoms. The van der Waals surface area contributed by atoms with Crippen molar-refractivity contribution >= 4 is 18.3 Å². The zero-order valence-corrected chi connectivity index (χ0v) is 15.9. The number of carbonyl (C=O) groups excluding carboxylic acids is 1. The van der Waals surface area contributed by atoms with Crippen molar-refractivity contribution in [3.8, 4) is 5.69 Å². The van der Waals surface area contributed by atoms with Crippen LogP contribution in [-0.4, -0.2) is 34.8 Å². The molecule has 2 unspecified atom stereocenters. The van der Waals surface area contributed by atoms with Gasteiger partial charge in [0.05, 0.1) is 5.69 Å². The van der Waals surface area contributed by atoms with Crippen LogP contribution < -0.4 is 10.6 Å². The Morgan fingerprint density at radius 3 is 2.85 bits per heavy atom. The lowest BCUT2D eigenvalue weighted by atomic mass is 9.95. The van der Waals surface area contributed by atoms with Crippen LogP contribution in [0.1, 0.15) is 41.5 Å². The van der Waals surface area contributed by atoms with Gasteiger partial charge in [0.15, 0.2) is 17.3 Å². The number of hydrogen-bond acceptors (Lipinski definition) is 3. The van der Waals surface area contributed by atoms with Crippen molar-refractivity contribution < 1.29 is 13.6 Å². The fraction of sp³-hybridized carbons (Fsp3) is 0.474. The molecule has 8 heteroatoms. The molecule has 2 atom stereocenters. The van der Waals surface area contributed by atoms with Crippen molar-refractivity contribution in [3.63, 3.8) is 0 Å². The quantitative estimate of drug-likeness (QED) is 0.838. The monoisotopic (exact) mass is 396 g/mol. The van der Waals surface area contributed by atoms with Crippen LogP contribution in [0.4, 0.5) is 8.78 Å². The van der Waals surface area contributed by atoms with Crippen LogP contribution in [0.3, 0.4) is 0 Å². The molecule has 0 spiro atoms. The molecule has 146 valence electrons. The molecule has 1 aromatic heterocycles. The minimum Gasteiger partial charge on any atom is -0.348 e. The minimum absolute atomic E-state index is 0. The Labute approximate surface area is 162 Å². The largest absolute Gasteiger partial charge is 0.348 e. The molecule has 0 saturated carbocycles. The number of halogens is 3. The summed E-state index contributed by atoms with van der Waals surface area (Å²) in [7, 11) is 0. The SMILES string of the molecule is CC1CNCCC1NC(=O)c1nn(-c2ccc(F)c(F)c2)c2c1CCC2.Cl. The highest BCUT2D eigenvalue weighted by atomic mass is 35.5. The molecule has 0 radical (unpaired) electrons. The van der Waals surface area contributed by atoms with Gasteiger partial charge in [0.25, 0.3) is 5.91 Å². The zero-order chi connectivity index (χ0) is 18.3. The summed E-state index contributed by atoms with van der Waals surface area (Å²) in [6.45, 7) is 3.88. The summed E-state index contributed by atoms with van der Waals surface area (Å²) in [4.78, 5) is 12.8. The van der Waals surface area contributed by atoms with Gasteiger partial charge >= 0.3 is 0 Å². The summed E-state index contributed by atoms with van der Waals surface area (Å²) in [6.07, 6.45) is 3.38. The maximum absolute atomic E-state index is 13.6. The molecule has 1 fully saturated rings. The topological polar surface area (TPSA) is 58.9 Å². The molecule has 2 heterocycles. The van der Waals surface area contributed by atoms with E-state index in [2.05, 4.69) is 22.7 Å². The number of amides is 1. The number of nitrogens with zero attached hydrogens (tertiary/aromatic N) is 2. The van der Waals surface area contributed by atoms with Gasteiger partial charge in [0.1, 0.15) is 0 Å². The molecule has 4 rings (SSSR count). The fourth-order valence-electron chi connectivity index (χ4n) is 3.92. The number of aromatic nitrogens is 2. The molecule has 0 bridgehead atoms. The highest BCUT2D eigenvalue weighted by Gasteiger charge is 2.30. The van der Waals surface area contributed by atoms with Gasteiger partial charge in [-0.2, -0.15) is 5.10 Å². The lowest BCUT2D eigenvalue weighted by Crippen LogP contribution is -2.48. The highest BCUT2D eigenvalue weighted by Crippen LogP contribution is 2.28. The first kappa shape index (κ1) is 19.8. The molecule has 1 aromatic carbocycles. The van der Waals surface area contributed by atoms with Crippen LogP contribution in [-0.2, 0) is 12.8 Å². The van der Waals surface area contributed by atoms with Crippen molar-refractivity contribution in [1.82, 2.24) is 20.4 Å². The number of benzene rings is 1. The van der Waals surface area contributed by atoms with Crippen molar-refractivity contribution in [2.75, 3.05) is 13.1 Å². The molecule has 5 nitrogen and oxygen atoms in total. The third kappa shape index (κ3) is 3.71. The molecule has 2 N–H and O–H groups in total. The summed E-state index contributed by atoms with van der Waals surface area (Å²) < 4.78 is 28.5. The van der Waals surface area contributed by atoms with E-state index >= 15 is 0 Å². The molecular formula is C19H23ClF2N4O. The van der Waals surface area contributed by atoms with E-state index in [1.807, 2.05) is 0 Å². The summed E-state index contributed by atoms with van der Waals surface area (Å²) in [5.41, 5.74) is 2.69. The van der Waals surface area contributed by atoms with Crippen molar-refractivity contribution in [2.45, 2.75) is 38.6 Å². The fourth-order valence-corrected chi connectivity index (χ4v) is 3.92. The van der Waals surface area contributed by atoms with E-state index < -0.39 is 11.6 Å². The molecular weight excluding hydrogens is 374 g/mol. The van der Waals surface area contributed by atoms with E-state index in [0.717, 1.165) is 62.2 Å². The lowest BCUT2D eigenvalue weighted by Gasteiger charge is -2.30. The Morgan fingerprint density at radius 2 is 2.11 bits per heavy atom. The number of hydrogen-bond donors (Lipinski definition) is 2. The van der Waals surface area contributed by atoms with E-state index in [0.29, 0.717) is 17.3 Å². The third-order valence-electron chi connectivity index (χ3n) is 5.39. The number of nitrogens with one attached hydrogen (secondary N) is 2. The van der Waals surface area contributed by atoms with Gasteiger partial charge in [-0.3, -0.25) is 4.79 Å². The number of rotatable bonds is 3. The maximum atomic E-state index is 13.6. The Balaban J connectivity index is 0.00000210. The molecule has 1 aliphatic carbocycles. The normalized spacial score (nSPS) is 21.4. The molecule has 2 aromatic rings. The summed E-state index contributed by atoms with van der Waals surface area (Å²) in [5, 5.41) is 10.9. The van der Waals surface area contributed by atoms with Crippen molar-refractivity contribution in [1.29, 1.82) is 0 Å². The first-order chi connectivity index (χ1) is 12.5. The second kappa shape index (κ2) is 7.94. The minimum atomic E-state index is -0.917. The molecule has 1 saturated heterocycles. The van der Waals surface area contributed by atoms with Gasteiger partial charge in [-0.15, -0.1) is 12.4 Å². The molecule has 1 aliphatic heterocycles. The standard InChI is InChI=1S/C19H22F2N4O.ClH/c1-11-10-22-8-7-16(11)23-19(26)18-13-3-2-4-17(13)25(24-18)12-5-6-14(20)15(21)9-12;/h5-6,9,11,16,22H,2-4,7-8,10H2,1H3,(H,23,26);1H. The van der Waals surface area contributed by atoms with E-state index in [1.165, 1.54) is 6.07 Å². The maximum Gasteiger partial charge on any atom is 0.272 e. The van der Waals surface area contributed by atoms with Crippen LogP contribution in [0.15, 0.2) is 18.2 Å². The van der Waals surface area contributed by atoms with Gasteiger partial charge in [-0.05, 0) is 56.8 Å². The van der Waals surface area contributed by atoms with E-state index in [9.17, 15) is 13.6 Å². The van der Waals surface area contributed by atoms with Crippen LogP contribution in [0.2, 0.25) is 0 Å². The van der Waals surface area contributed by atoms with E-state index in [4.69, 9.17) is 0 Å². The van der Waals surface area contributed by atoms with Crippen LogP contribution in [0.25, 0.3) is 5.69 Å². The Kier molecular flexibility index (Phi) is 5.81. The zero-order valence-electron chi connectivity index (χ0n) is 15.1. The molecule has 1 amide bonds. The average Bonchev–Trinajstić information content (AvgIpc) is 3.22. The van der Waals surface area contributed by atoms with Crippen LogP contribution >= 0.6 is 12.4 Å². The predicted molar refractivity (Wildman–Crippen MR) is 101 cm³/mol. The summed E-state index contributed by atoms with van der Waals surface area (Å²) >= 11 is 0. The number of carbonyl (C=O) groups is 1.